The highest BCUT2D eigenvalue weighted by atomic mass is 16.5. The second-order valence-electron chi connectivity index (χ2n) is 5.13. The van der Waals surface area contributed by atoms with Crippen LogP contribution in [-0.2, 0) is 11.3 Å². The summed E-state index contributed by atoms with van der Waals surface area (Å²) in [6, 6.07) is 10.8. The minimum atomic E-state index is -0.495. The van der Waals surface area contributed by atoms with Crippen molar-refractivity contribution in [3.8, 4) is 5.88 Å². The third-order valence-electron chi connectivity index (χ3n) is 3.65. The maximum atomic E-state index is 11.9. The number of rotatable bonds is 6. The number of carbonyl (C=O) groups excluding carboxylic acids is 1. The first-order chi connectivity index (χ1) is 11.7. The highest BCUT2D eigenvalue weighted by molar-refractivity contribution is 5.96. The molecule has 2 heterocycles. The number of carbonyl (C=O) groups is 1. The van der Waals surface area contributed by atoms with Crippen molar-refractivity contribution < 1.29 is 14.6 Å². The maximum Gasteiger partial charge on any atom is 0.311 e. The molecule has 1 amide bonds. The number of ether oxygens (including phenoxy) is 1. The molecule has 3 aromatic rings. The van der Waals surface area contributed by atoms with Crippen molar-refractivity contribution >= 4 is 22.5 Å². The largest absolute Gasteiger partial charge is 0.493 e. The van der Waals surface area contributed by atoms with Crippen LogP contribution in [0.3, 0.4) is 0 Å². The van der Waals surface area contributed by atoms with Gasteiger partial charge < -0.3 is 19.4 Å². The van der Waals surface area contributed by atoms with E-state index in [4.69, 9.17) is 4.74 Å². The Morgan fingerprint density at radius 3 is 2.88 bits per heavy atom. The zero-order chi connectivity index (χ0) is 16.9. The molecule has 0 bridgehead atoms. The predicted octanol–water partition coefficient (Wildman–Crippen LogP) is 3.64. The minimum absolute atomic E-state index is 0.0288. The molecule has 0 spiro atoms. The Labute approximate surface area is 138 Å². The van der Waals surface area contributed by atoms with Gasteiger partial charge in [0.1, 0.15) is 5.69 Å². The molecule has 24 heavy (non-hydrogen) atoms. The summed E-state index contributed by atoms with van der Waals surface area (Å²) in [6.07, 6.45) is 1.64. The lowest BCUT2D eigenvalue weighted by molar-refractivity contribution is 0.0991. The van der Waals surface area contributed by atoms with Crippen LogP contribution in [0.2, 0.25) is 0 Å². The Kier molecular flexibility index (Phi) is 4.72. The van der Waals surface area contributed by atoms with Crippen LogP contribution >= 0.6 is 0 Å². The number of aromatic hydroxyl groups is 1. The average molecular weight is 326 g/mol. The molecule has 0 radical (unpaired) electrons. The van der Waals surface area contributed by atoms with E-state index < -0.39 is 5.91 Å². The molecule has 124 valence electrons. The summed E-state index contributed by atoms with van der Waals surface area (Å²) in [5, 5.41) is 18.9. The summed E-state index contributed by atoms with van der Waals surface area (Å²) in [6.45, 7) is 3.48. The lowest BCUT2D eigenvalue weighted by Crippen LogP contribution is -2.05. The van der Waals surface area contributed by atoms with Crippen molar-refractivity contribution in [2.45, 2.75) is 13.5 Å². The number of benzene rings is 1. The van der Waals surface area contributed by atoms with Crippen molar-refractivity contribution in [2.75, 3.05) is 13.2 Å². The Morgan fingerprint density at radius 1 is 1.29 bits per heavy atom. The van der Waals surface area contributed by atoms with E-state index in [2.05, 4.69) is 15.2 Å². The van der Waals surface area contributed by atoms with E-state index in [1.165, 1.54) is 0 Å². The van der Waals surface area contributed by atoms with Crippen molar-refractivity contribution in [3.05, 3.63) is 48.3 Å². The zero-order valence-electron chi connectivity index (χ0n) is 13.3. The molecule has 0 saturated heterocycles. The molecule has 0 fully saturated rings. The molecule has 0 aliphatic rings. The Bertz CT molecular complexity index is 865. The summed E-state index contributed by atoms with van der Waals surface area (Å²) < 4.78 is 7.06. The monoisotopic (exact) mass is 326 g/mol. The van der Waals surface area contributed by atoms with Gasteiger partial charge in [-0.15, -0.1) is 10.2 Å². The fourth-order valence-corrected chi connectivity index (χ4v) is 2.51. The van der Waals surface area contributed by atoms with Crippen LogP contribution in [0.5, 0.6) is 5.88 Å². The van der Waals surface area contributed by atoms with Gasteiger partial charge in [-0.05, 0) is 25.1 Å². The summed E-state index contributed by atoms with van der Waals surface area (Å²) in [7, 11) is 0. The highest BCUT2D eigenvalue weighted by Gasteiger charge is 2.16. The molecule has 2 N–H and O–H groups in total. The van der Waals surface area contributed by atoms with Crippen LogP contribution in [0.25, 0.3) is 10.9 Å². The van der Waals surface area contributed by atoms with E-state index in [0.717, 1.165) is 10.9 Å². The number of aromatic amines is 1. The van der Waals surface area contributed by atoms with Crippen molar-refractivity contribution in [3.63, 3.8) is 0 Å². The van der Waals surface area contributed by atoms with E-state index in [9.17, 15) is 9.90 Å². The van der Waals surface area contributed by atoms with Gasteiger partial charge >= 0.3 is 5.91 Å². The second kappa shape index (κ2) is 7.10. The van der Waals surface area contributed by atoms with Crippen LogP contribution in [0.15, 0.2) is 52.8 Å². The van der Waals surface area contributed by atoms with Gasteiger partial charge in [-0.3, -0.25) is 4.79 Å². The molecule has 1 aromatic carbocycles. The quantitative estimate of drug-likeness (QED) is 0.535. The number of nitrogens with one attached hydrogen (secondary N) is 1. The van der Waals surface area contributed by atoms with Crippen LogP contribution < -0.4 is 0 Å². The van der Waals surface area contributed by atoms with E-state index in [-0.39, 0.29) is 11.6 Å². The van der Waals surface area contributed by atoms with Crippen molar-refractivity contribution in [1.82, 2.24) is 9.55 Å². The maximum absolute atomic E-state index is 11.9. The van der Waals surface area contributed by atoms with Gasteiger partial charge in [0.15, 0.2) is 5.69 Å². The molecule has 7 nitrogen and oxygen atoms in total. The van der Waals surface area contributed by atoms with Gasteiger partial charge in [0.05, 0.1) is 12.1 Å². The fourth-order valence-electron chi connectivity index (χ4n) is 2.51. The van der Waals surface area contributed by atoms with E-state index in [1.54, 1.807) is 22.9 Å². The van der Waals surface area contributed by atoms with Crippen LogP contribution in [0.1, 0.15) is 17.4 Å². The summed E-state index contributed by atoms with van der Waals surface area (Å²) in [5.74, 6) is -0.524. The Morgan fingerprint density at radius 2 is 2.12 bits per heavy atom. The molecule has 0 atom stereocenters. The normalized spacial score (nSPS) is 11.5. The average Bonchev–Trinajstić information content (AvgIpc) is 3.21. The SMILES string of the molecule is CCOCCn1c(O)c(N=NC(=O)c2ccc[nH]2)c2ccccc21. The van der Waals surface area contributed by atoms with E-state index in [0.29, 0.717) is 25.5 Å². The lowest BCUT2D eigenvalue weighted by Gasteiger charge is -2.06. The topological polar surface area (TPSA) is 92.0 Å². The summed E-state index contributed by atoms with van der Waals surface area (Å²) in [4.78, 5) is 14.7. The minimum Gasteiger partial charge on any atom is -0.493 e. The predicted molar refractivity (Wildman–Crippen MR) is 89.7 cm³/mol. The van der Waals surface area contributed by atoms with Crippen LogP contribution in [-0.4, -0.2) is 33.8 Å². The molecule has 0 aliphatic carbocycles. The second-order valence-corrected chi connectivity index (χ2v) is 5.13. The molecule has 7 heteroatoms. The van der Waals surface area contributed by atoms with Gasteiger partial charge in [0.25, 0.3) is 0 Å². The molecule has 0 aliphatic heterocycles. The number of hydrogen-bond donors (Lipinski definition) is 2. The van der Waals surface area contributed by atoms with Crippen LogP contribution in [0, 0.1) is 0 Å². The number of H-pyrrole nitrogens is 1. The first-order valence-corrected chi connectivity index (χ1v) is 7.69. The van der Waals surface area contributed by atoms with Crippen molar-refractivity contribution in [1.29, 1.82) is 0 Å². The lowest BCUT2D eigenvalue weighted by atomic mass is 10.2. The zero-order valence-corrected chi connectivity index (χ0v) is 13.3. The number of amides is 1. The van der Waals surface area contributed by atoms with Crippen LogP contribution in [0.4, 0.5) is 5.69 Å². The number of azo groups is 1. The number of nitrogens with zero attached hydrogens (tertiary/aromatic N) is 3. The van der Waals surface area contributed by atoms with E-state index in [1.807, 2.05) is 31.2 Å². The van der Waals surface area contributed by atoms with Crippen molar-refractivity contribution in [2.24, 2.45) is 10.2 Å². The molecule has 3 rings (SSSR count). The molecule has 0 unspecified atom stereocenters. The first kappa shape index (κ1) is 15.9. The van der Waals surface area contributed by atoms with Gasteiger partial charge in [0, 0.05) is 24.7 Å². The molecule has 0 saturated carbocycles. The van der Waals surface area contributed by atoms with Gasteiger partial charge in [-0.25, -0.2) is 0 Å². The Hall–Kier alpha value is -2.93. The summed E-state index contributed by atoms with van der Waals surface area (Å²) in [5.41, 5.74) is 1.44. The number of para-hydroxylation sites is 1. The number of fused-ring (bicyclic) bond motifs is 1. The molecular weight excluding hydrogens is 308 g/mol. The number of hydrogen-bond acceptors (Lipinski definition) is 4. The number of aromatic nitrogens is 2. The van der Waals surface area contributed by atoms with Gasteiger partial charge in [-0.2, -0.15) is 0 Å². The first-order valence-electron chi connectivity index (χ1n) is 7.69. The standard InChI is InChI=1S/C17H18N4O3/c1-2-24-11-10-21-14-8-4-3-6-12(14)15(17(21)23)19-20-16(22)13-7-5-9-18-13/h3-9,18,23H,2,10-11H2,1H3. The Balaban J connectivity index is 1.95. The van der Waals surface area contributed by atoms with Gasteiger partial charge in [0.2, 0.25) is 5.88 Å². The van der Waals surface area contributed by atoms with Gasteiger partial charge in [-0.1, -0.05) is 18.2 Å². The van der Waals surface area contributed by atoms with E-state index >= 15 is 0 Å². The molecule has 2 aromatic heterocycles. The molecular formula is C17H18N4O3. The fraction of sp³-hybridized carbons (Fsp3) is 0.235. The third kappa shape index (κ3) is 3.07. The summed E-state index contributed by atoms with van der Waals surface area (Å²) >= 11 is 0. The highest BCUT2D eigenvalue weighted by Crippen LogP contribution is 2.38. The third-order valence-corrected chi connectivity index (χ3v) is 3.65. The smallest absolute Gasteiger partial charge is 0.311 e.